The summed E-state index contributed by atoms with van der Waals surface area (Å²) in [7, 11) is 1.33. The van der Waals surface area contributed by atoms with Gasteiger partial charge < -0.3 is 14.8 Å². The molecule has 4 unspecified atom stereocenters. The molecule has 2 aliphatic carbocycles. The molecule has 1 spiro atoms. The molecule has 0 radical (unpaired) electrons. The molecule has 3 rings (SSSR count). The van der Waals surface area contributed by atoms with Crippen LogP contribution < -0.4 is 5.32 Å². The first kappa shape index (κ1) is 13.8. The van der Waals surface area contributed by atoms with E-state index in [-0.39, 0.29) is 23.2 Å². The summed E-state index contributed by atoms with van der Waals surface area (Å²) in [5.74, 6) is -0.745. The average molecular weight is 279 g/mol. The van der Waals surface area contributed by atoms with E-state index < -0.39 is 17.2 Å². The number of carbonyl (C=O) groups is 2. The lowest BCUT2D eigenvalue weighted by Crippen LogP contribution is -2.51. The summed E-state index contributed by atoms with van der Waals surface area (Å²) in [4.78, 5) is 24.4. The smallest absolute Gasteiger partial charge is 0.343 e. The van der Waals surface area contributed by atoms with Gasteiger partial charge in [-0.05, 0) is 24.5 Å². The van der Waals surface area contributed by atoms with Crippen LogP contribution in [0.1, 0.15) is 27.2 Å². The van der Waals surface area contributed by atoms with Gasteiger partial charge in [0.05, 0.1) is 19.1 Å². The second kappa shape index (κ2) is 3.92. The topological polar surface area (TPSA) is 67.9 Å². The number of nitrogens with one attached hydrogen (secondary N) is 1. The average Bonchev–Trinajstić information content (AvgIpc) is 2.93. The number of hydrogen-bond donors (Lipinski definition) is 1. The molecular formula is C15H21NO4. The zero-order valence-electron chi connectivity index (χ0n) is 12.4. The number of hydrogen-bond acceptors (Lipinski definition) is 5. The SMILES string of the molecule is COC(=O)C12OC13C=CC(C3=O)C2NCCC(C)(C)C. The number of ether oxygens (including phenoxy) is 2. The first-order valence-corrected chi connectivity index (χ1v) is 7.04. The summed E-state index contributed by atoms with van der Waals surface area (Å²) >= 11 is 0. The van der Waals surface area contributed by atoms with E-state index >= 15 is 0 Å². The molecule has 4 atom stereocenters. The van der Waals surface area contributed by atoms with Crippen LogP contribution in [0.25, 0.3) is 0 Å². The monoisotopic (exact) mass is 279 g/mol. The van der Waals surface area contributed by atoms with E-state index in [1.54, 1.807) is 6.08 Å². The van der Waals surface area contributed by atoms with Crippen molar-refractivity contribution in [2.45, 2.75) is 44.4 Å². The minimum absolute atomic E-state index is 0.0174. The van der Waals surface area contributed by atoms with Crippen molar-refractivity contribution in [1.82, 2.24) is 5.32 Å². The number of epoxide rings is 1. The van der Waals surface area contributed by atoms with Crippen LogP contribution in [0.5, 0.6) is 0 Å². The van der Waals surface area contributed by atoms with Gasteiger partial charge >= 0.3 is 5.97 Å². The molecule has 1 aliphatic heterocycles. The maximum Gasteiger partial charge on any atom is 0.343 e. The molecule has 0 aromatic rings. The Balaban J connectivity index is 1.79. The highest BCUT2D eigenvalue weighted by Gasteiger charge is 2.89. The van der Waals surface area contributed by atoms with Crippen molar-refractivity contribution in [3.05, 3.63) is 12.2 Å². The summed E-state index contributed by atoms with van der Waals surface area (Å²) in [6.07, 6.45) is 4.53. The lowest BCUT2D eigenvalue weighted by atomic mass is 9.87. The molecule has 1 saturated carbocycles. The molecule has 5 heteroatoms. The quantitative estimate of drug-likeness (QED) is 0.469. The predicted molar refractivity (Wildman–Crippen MR) is 72.1 cm³/mol. The Labute approximate surface area is 118 Å². The van der Waals surface area contributed by atoms with E-state index in [4.69, 9.17) is 9.47 Å². The maximum atomic E-state index is 12.3. The first-order valence-electron chi connectivity index (χ1n) is 7.04. The molecule has 110 valence electrons. The molecule has 5 nitrogen and oxygen atoms in total. The first-order chi connectivity index (χ1) is 9.28. The van der Waals surface area contributed by atoms with E-state index in [1.807, 2.05) is 6.08 Å². The van der Waals surface area contributed by atoms with Crippen LogP contribution in [0, 0.1) is 11.3 Å². The summed E-state index contributed by atoms with van der Waals surface area (Å²) in [5, 5.41) is 3.34. The number of ketones is 1. The molecule has 1 N–H and O–H groups in total. The molecule has 2 bridgehead atoms. The van der Waals surface area contributed by atoms with Crippen molar-refractivity contribution in [3.8, 4) is 0 Å². The van der Waals surface area contributed by atoms with Gasteiger partial charge in [0.15, 0.2) is 11.4 Å². The molecule has 0 aromatic heterocycles. The van der Waals surface area contributed by atoms with Gasteiger partial charge in [0.2, 0.25) is 5.60 Å². The Kier molecular flexibility index (Phi) is 2.70. The second-order valence-corrected chi connectivity index (χ2v) is 7.06. The van der Waals surface area contributed by atoms with Crippen molar-refractivity contribution in [2.75, 3.05) is 13.7 Å². The zero-order chi connectivity index (χ0) is 14.8. The largest absolute Gasteiger partial charge is 0.467 e. The third-order valence-corrected chi connectivity index (χ3v) is 4.56. The fourth-order valence-electron chi connectivity index (χ4n) is 3.43. The van der Waals surface area contributed by atoms with E-state index in [0.717, 1.165) is 13.0 Å². The van der Waals surface area contributed by atoms with Crippen LogP contribution >= 0.6 is 0 Å². The highest BCUT2D eigenvalue weighted by molar-refractivity contribution is 6.12. The molecule has 2 fully saturated rings. The Morgan fingerprint density at radius 3 is 2.80 bits per heavy atom. The van der Waals surface area contributed by atoms with Crippen molar-refractivity contribution < 1.29 is 19.1 Å². The van der Waals surface area contributed by atoms with Crippen molar-refractivity contribution >= 4 is 11.8 Å². The molecule has 0 aromatic carbocycles. The van der Waals surface area contributed by atoms with E-state index in [9.17, 15) is 9.59 Å². The molecular weight excluding hydrogens is 258 g/mol. The lowest BCUT2D eigenvalue weighted by molar-refractivity contribution is -0.148. The predicted octanol–water partition coefficient (Wildman–Crippen LogP) is 0.830. The molecule has 20 heavy (non-hydrogen) atoms. The number of carbonyl (C=O) groups excluding carboxylic acids is 2. The minimum Gasteiger partial charge on any atom is -0.467 e. The second-order valence-electron chi connectivity index (χ2n) is 7.06. The summed E-state index contributed by atoms with van der Waals surface area (Å²) in [5.41, 5.74) is -1.98. The van der Waals surface area contributed by atoms with Gasteiger partial charge in [-0.25, -0.2) is 4.79 Å². The van der Waals surface area contributed by atoms with E-state index in [1.165, 1.54) is 7.11 Å². The van der Waals surface area contributed by atoms with Gasteiger partial charge in [-0.15, -0.1) is 0 Å². The minimum atomic E-state index is -1.13. The highest BCUT2D eigenvalue weighted by atomic mass is 16.7. The van der Waals surface area contributed by atoms with Crippen molar-refractivity contribution in [2.24, 2.45) is 11.3 Å². The molecule has 0 amide bonds. The van der Waals surface area contributed by atoms with Gasteiger partial charge in [0, 0.05) is 0 Å². The molecule has 3 aliphatic rings. The molecule has 1 saturated heterocycles. The van der Waals surface area contributed by atoms with Gasteiger partial charge in [-0.2, -0.15) is 0 Å². The van der Waals surface area contributed by atoms with Crippen molar-refractivity contribution in [3.63, 3.8) is 0 Å². The van der Waals surface area contributed by atoms with Gasteiger partial charge in [0.1, 0.15) is 0 Å². The van der Waals surface area contributed by atoms with Gasteiger partial charge in [-0.1, -0.05) is 26.8 Å². The highest BCUT2D eigenvalue weighted by Crippen LogP contribution is 2.64. The third-order valence-electron chi connectivity index (χ3n) is 4.56. The van der Waals surface area contributed by atoms with Crippen LogP contribution in [-0.4, -0.2) is 42.7 Å². The maximum absolute atomic E-state index is 12.3. The van der Waals surface area contributed by atoms with E-state index in [2.05, 4.69) is 26.1 Å². The molecule has 1 heterocycles. The Morgan fingerprint density at radius 1 is 1.50 bits per heavy atom. The zero-order valence-corrected chi connectivity index (χ0v) is 12.4. The van der Waals surface area contributed by atoms with Crippen molar-refractivity contribution in [1.29, 1.82) is 0 Å². The summed E-state index contributed by atoms with van der Waals surface area (Å²) in [6.45, 7) is 7.22. The third kappa shape index (κ3) is 1.50. The number of esters is 1. The van der Waals surface area contributed by atoms with E-state index in [0.29, 0.717) is 0 Å². The standard InChI is InChI=1S/C15H21NO4/c1-13(2,3)7-8-16-10-9-5-6-14(11(9)17)15(10,20-14)12(18)19-4/h5-6,9-10,16H,7-8H2,1-4H3. The van der Waals surface area contributed by atoms with Gasteiger partial charge in [-0.3, -0.25) is 4.79 Å². The summed E-state index contributed by atoms with van der Waals surface area (Å²) < 4.78 is 10.5. The normalized spacial score (nSPS) is 40.9. The lowest BCUT2D eigenvalue weighted by Gasteiger charge is -2.26. The fraction of sp³-hybridized carbons (Fsp3) is 0.733. The van der Waals surface area contributed by atoms with Crippen LogP contribution in [0.15, 0.2) is 12.2 Å². The number of methoxy groups -OCH3 is 1. The Bertz CT molecular complexity index is 506. The van der Waals surface area contributed by atoms with Gasteiger partial charge in [0.25, 0.3) is 0 Å². The summed E-state index contributed by atoms with van der Waals surface area (Å²) in [6, 6.07) is -0.310. The Morgan fingerprint density at radius 2 is 2.20 bits per heavy atom. The number of fused-ring (bicyclic) bond motifs is 1. The van der Waals surface area contributed by atoms with Crippen LogP contribution in [-0.2, 0) is 19.1 Å². The van der Waals surface area contributed by atoms with Crippen LogP contribution in [0.2, 0.25) is 0 Å². The van der Waals surface area contributed by atoms with Crippen LogP contribution in [0.3, 0.4) is 0 Å². The Hall–Kier alpha value is -1.20. The number of Topliss-reactive ketones (excluding diaryl/α,β-unsaturated/α-hetero) is 1. The van der Waals surface area contributed by atoms with Crippen LogP contribution in [0.4, 0.5) is 0 Å². The fourth-order valence-corrected chi connectivity index (χ4v) is 3.43. The number of rotatable bonds is 4.